The van der Waals surface area contributed by atoms with E-state index in [0.717, 1.165) is 25.9 Å². The number of Topliss-reactive ketones (excluding diaryl/α,β-unsaturated/α-hetero) is 1. The van der Waals surface area contributed by atoms with E-state index in [1.54, 1.807) is 0 Å². The highest BCUT2D eigenvalue weighted by molar-refractivity contribution is 5.79. The van der Waals surface area contributed by atoms with Gasteiger partial charge in [-0.05, 0) is 13.3 Å². The summed E-state index contributed by atoms with van der Waals surface area (Å²) in [5.74, 6) is 0.443. The predicted molar refractivity (Wildman–Crippen MR) is 54.8 cm³/mol. The van der Waals surface area contributed by atoms with Crippen molar-refractivity contribution in [3.05, 3.63) is 0 Å². The minimum absolute atomic E-state index is 0.443. The monoisotopic (exact) mass is 183 g/mol. The van der Waals surface area contributed by atoms with Crippen LogP contribution in [-0.4, -0.2) is 29.8 Å². The number of unbranched alkanes of at least 4 members (excludes halogenated alkanes) is 1. The molecule has 0 aromatic heterocycles. The lowest BCUT2D eigenvalue weighted by Crippen LogP contribution is -2.40. The predicted octanol–water partition coefficient (Wildman–Crippen LogP) is 2.23. The Labute approximate surface area is 81.3 Å². The third kappa shape index (κ3) is 3.47. The molecule has 0 radical (unpaired) electrons. The number of rotatable bonds is 4. The molecule has 0 saturated carbocycles. The van der Waals surface area contributed by atoms with Crippen LogP contribution in [-0.2, 0) is 4.79 Å². The number of carbonyl (C=O) groups is 1. The van der Waals surface area contributed by atoms with Gasteiger partial charge >= 0.3 is 0 Å². The summed E-state index contributed by atoms with van der Waals surface area (Å²) in [7, 11) is 0. The maximum Gasteiger partial charge on any atom is 0.135 e. The molecule has 0 aromatic rings. The summed E-state index contributed by atoms with van der Waals surface area (Å²) >= 11 is 0. The summed E-state index contributed by atoms with van der Waals surface area (Å²) in [5, 5.41) is 0. The van der Waals surface area contributed by atoms with Crippen molar-refractivity contribution in [1.82, 2.24) is 4.90 Å². The molecule has 0 bridgehead atoms. The van der Waals surface area contributed by atoms with Gasteiger partial charge in [-0.2, -0.15) is 0 Å². The minimum atomic E-state index is 0.443. The Morgan fingerprint density at radius 1 is 1.38 bits per heavy atom. The zero-order valence-electron chi connectivity index (χ0n) is 8.88. The summed E-state index contributed by atoms with van der Waals surface area (Å²) in [6.07, 6.45) is 5.42. The van der Waals surface area contributed by atoms with Gasteiger partial charge in [0, 0.05) is 32.0 Å². The van der Waals surface area contributed by atoms with E-state index in [2.05, 4.69) is 18.7 Å². The van der Waals surface area contributed by atoms with Crippen molar-refractivity contribution < 1.29 is 4.79 Å². The second-order valence-electron chi connectivity index (χ2n) is 4.07. The van der Waals surface area contributed by atoms with E-state index in [1.807, 2.05) is 0 Å². The Hall–Kier alpha value is -0.370. The van der Waals surface area contributed by atoms with Crippen LogP contribution in [0.1, 0.15) is 46.0 Å². The highest BCUT2D eigenvalue weighted by Crippen LogP contribution is 2.13. The Morgan fingerprint density at radius 2 is 2.00 bits per heavy atom. The molecule has 1 unspecified atom stereocenters. The first-order chi connectivity index (χ1) is 6.24. The molecule has 1 heterocycles. The molecule has 2 nitrogen and oxygen atoms in total. The lowest BCUT2D eigenvalue weighted by Gasteiger charge is -2.31. The van der Waals surface area contributed by atoms with E-state index >= 15 is 0 Å². The number of ketones is 1. The molecule has 76 valence electrons. The molecule has 1 rings (SSSR count). The summed E-state index contributed by atoms with van der Waals surface area (Å²) in [4.78, 5) is 13.5. The first kappa shape index (κ1) is 10.7. The molecule has 0 aromatic carbocycles. The van der Waals surface area contributed by atoms with Crippen molar-refractivity contribution in [3.63, 3.8) is 0 Å². The molecule has 1 saturated heterocycles. The Bertz CT molecular complexity index is 157. The highest BCUT2D eigenvalue weighted by Gasteiger charge is 2.19. The van der Waals surface area contributed by atoms with Gasteiger partial charge in [0.1, 0.15) is 5.78 Å². The maximum absolute atomic E-state index is 11.0. The van der Waals surface area contributed by atoms with E-state index in [0.29, 0.717) is 11.8 Å². The molecule has 1 fully saturated rings. The van der Waals surface area contributed by atoms with Crippen molar-refractivity contribution in [1.29, 1.82) is 0 Å². The topological polar surface area (TPSA) is 20.3 Å². The van der Waals surface area contributed by atoms with Crippen LogP contribution in [0.3, 0.4) is 0 Å². The molecular formula is C11H21NO. The SMILES string of the molecule is CCCCC(C)N1CCC(=O)CC1. The first-order valence-electron chi connectivity index (χ1n) is 5.49. The molecule has 0 amide bonds. The van der Waals surface area contributed by atoms with Gasteiger partial charge in [0.05, 0.1) is 0 Å². The van der Waals surface area contributed by atoms with Crippen molar-refractivity contribution in [2.45, 2.75) is 52.0 Å². The van der Waals surface area contributed by atoms with Crippen LogP contribution in [0, 0.1) is 0 Å². The van der Waals surface area contributed by atoms with Crippen molar-refractivity contribution in [3.8, 4) is 0 Å². The molecule has 1 aliphatic rings. The van der Waals surface area contributed by atoms with Gasteiger partial charge in [-0.1, -0.05) is 19.8 Å². The zero-order valence-corrected chi connectivity index (χ0v) is 8.88. The van der Waals surface area contributed by atoms with Gasteiger partial charge in [-0.3, -0.25) is 9.69 Å². The van der Waals surface area contributed by atoms with Crippen LogP contribution < -0.4 is 0 Å². The lowest BCUT2D eigenvalue weighted by atomic mass is 10.0. The molecule has 0 spiro atoms. The van der Waals surface area contributed by atoms with Gasteiger partial charge in [0.25, 0.3) is 0 Å². The first-order valence-corrected chi connectivity index (χ1v) is 5.49. The van der Waals surface area contributed by atoms with E-state index < -0.39 is 0 Å². The maximum atomic E-state index is 11.0. The molecule has 1 aliphatic heterocycles. The fraction of sp³-hybridized carbons (Fsp3) is 0.909. The van der Waals surface area contributed by atoms with Crippen LogP contribution in [0.2, 0.25) is 0 Å². The van der Waals surface area contributed by atoms with Crippen LogP contribution >= 0.6 is 0 Å². The summed E-state index contributed by atoms with van der Waals surface area (Å²) in [6.45, 7) is 6.49. The van der Waals surface area contributed by atoms with Gasteiger partial charge < -0.3 is 0 Å². The van der Waals surface area contributed by atoms with E-state index in [1.165, 1.54) is 19.3 Å². The Kier molecular flexibility index (Phi) is 4.43. The number of carbonyl (C=O) groups excluding carboxylic acids is 1. The number of likely N-dealkylation sites (tertiary alicyclic amines) is 1. The number of nitrogens with zero attached hydrogens (tertiary/aromatic N) is 1. The Morgan fingerprint density at radius 3 is 2.54 bits per heavy atom. The van der Waals surface area contributed by atoms with Crippen molar-refractivity contribution in [2.24, 2.45) is 0 Å². The summed E-state index contributed by atoms with van der Waals surface area (Å²) in [6, 6.07) is 0.674. The smallest absolute Gasteiger partial charge is 0.135 e. The minimum Gasteiger partial charge on any atom is -0.300 e. The van der Waals surface area contributed by atoms with Gasteiger partial charge in [0.15, 0.2) is 0 Å². The van der Waals surface area contributed by atoms with Gasteiger partial charge in [-0.15, -0.1) is 0 Å². The number of hydrogen-bond donors (Lipinski definition) is 0. The average Bonchev–Trinajstić information content (AvgIpc) is 2.15. The van der Waals surface area contributed by atoms with Gasteiger partial charge in [-0.25, -0.2) is 0 Å². The van der Waals surface area contributed by atoms with Crippen LogP contribution in [0.5, 0.6) is 0 Å². The Balaban J connectivity index is 2.23. The van der Waals surface area contributed by atoms with Crippen LogP contribution in [0.25, 0.3) is 0 Å². The second kappa shape index (κ2) is 5.38. The van der Waals surface area contributed by atoms with Crippen molar-refractivity contribution in [2.75, 3.05) is 13.1 Å². The van der Waals surface area contributed by atoms with E-state index in [4.69, 9.17) is 0 Å². The quantitative estimate of drug-likeness (QED) is 0.666. The lowest BCUT2D eigenvalue weighted by molar-refractivity contribution is -0.121. The third-order valence-corrected chi connectivity index (χ3v) is 2.95. The second-order valence-corrected chi connectivity index (χ2v) is 4.07. The fourth-order valence-corrected chi connectivity index (χ4v) is 1.90. The third-order valence-electron chi connectivity index (χ3n) is 2.95. The molecule has 13 heavy (non-hydrogen) atoms. The summed E-state index contributed by atoms with van der Waals surface area (Å²) in [5.41, 5.74) is 0. The van der Waals surface area contributed by atoms with Gasteiger partial charge in [0.2, 0.25) is 0 Å². The van der Waals surface area contributed by atoms with E-state index in [9.17, 15) is 4.79 Å². The normalized spacial score (nSPS) is 21.8. The highest BCUT2D eigenvalue weighted by atomic mass is 16.1. The van der Waals surface area contributed by atoms with Crippen molar-refractivity contribution >= 4 is 5.78 Å². The number of hydrogen-bond acceptors (Lipinski definition) is 2. The van der Waals surface area contributed by atoms with Crippen LogP contribution in [0.4, 0.5) is 0 Å². The standard InChI is InChI=1S/C11H21NO/c1-3-4-5-10(2)12-8-6-11(13)7-9-12/h10H,3-9H2,1-2H3. The molecule has 2 heteroatoms. The molecule has 0 N–H and O–H groups in total. The van der Waals surface area contributed by atoms with Crippen LogP contribution in [0.15, 0.2) is 0 Å². The molecule has 1 atom stereocenters. The molecule has 0 aliphatic carbocycles. The summed E-state index contributed by atoms with van der Waals surface area (Å²) < 4.78 is 0. The largest absolute Gasteiger partial charge is 0.300 e. The fourth-order valence-electron chi connectivity index (χ4n) is 1.90. The van der Waals surface area contributed by atoms with E-state index in [-0.39, 0.29) is 0 Å². The average molecular weight is 183 g/mol. The number of piperidine rings is 1. The molecular weight excluding hydrogens is 162 g/mol. The zero-order chi connectivity index (χ0) is 9.68.